The van der Waals surface area contributed by atoms with E-state index in [1.54, 1.807) is 26.7 Å². The summed E-state index contributed by atoms with van der Waals surface area (Å²) >= 11 is 0. The van der Waals surface area contributed by atoms with E-state index in [0.717, 1.165) is 29.0 Å². The van der Waals surface area contributed by atoms with Crippen LogP contribution >= 0.6 is 0 Å². The third kappa shape index (κ3) is 3.29. The number of likely N-dealkylation sites (N-methyl/N-ethyl adjacent to an activating group) is 1. The molecule has 4 heteroatoms. The van der Waals surface area contributed by atoms with Gasteiger partial charge in [0, 0.05) is 12.1 Å². The molecule has 0 saturated heterocycles. The van der Waals surface area contributed by atoms with E-state index in [-0.39, 0.29) is 6.04 Å². The van der Waals surface area contributed by atoms with Crippen LogP contribution in [0.1, 0.15) is 17.2 Å². The highest BCUT2D eigenvalue weighted by Crippen LogP contribution is 2.28. The minimum absolute atomic E-state index is 0.182. The molecule has 1 heterocycles. The summed E-state index contributed by atoms with van der Waals surface area (Å²) in [5, 5.41) is 3.31. The number of hydrogen-bond donors (Lipinski definition) is 1. The molecule has 0 fully saturated rings. The zero-order valence-corrected chi connectivity index (χ0v) is 11.5. The topological polar surface area (TPSA) is 43.6 Å². The van der Waals surface area contributed by atoms with Gasteiger partial charge in [0.2, 0.25) is 0 Å². The lowest BCUT2D eigenvalue weighted by Gasteiger charge is -2.17. The molecule has 4 nitrogen and oxygen atoms in total. The second-order valence-corrected chi connectivity index (χ2v) is 4.32. The standard InChI is InChI=1S/C15H19NO3/c1-16-15(6-11-4-5-19-10-11)12-7-13(17-2)9-14(8-12)18-3/h4-5,7-10,15-16H,6H2,1-3H3. The zero-order chi connectivity index (χ0) is 13.7. The molecule has 0 aliphatic rings. The Bertz CT molecular complexity index is 486. The lowest BCUT2D eigenvalue weighted by molar-refractivity contribution is 0.392. The maximum absolute atomic E-state index is 5.30. The Morgan fingerprint density at radius 3 is 2.32 bits per heavy atom. The van der Waals surface area contributed by atoms with Crippen molar-refractivity contribution in [1.29, 1.82) is 0 Å². The van der Waals surface area contributed by atoms with Gasteiger partial charge in [-0.05, 0) is 42.8 Å². The molecule has 0 saturated carbocycles. The number of hydrogen-bond acceptors (Lipinski definition) is 4. The van der Waals surface area contributed by atoms with Crippen LogP contribution in [0.3, 0.4) is 0 Å². The number of methoxy groups -OCH3 is 2. The Balaban J connectivity index is 2.26. The van der Waals surface area contributed by atoms with E-state index < -0.39 is 0 Å². The summed E-state index contributed by atoms with van der Waals surface area (Å²) in [5.41, 5.74) is 2.28. The number of furan rings is 1. The SMILES string of the molecule is CNC(Cc1ccoc1)c1cc(OC)cc(OC)c1. The quantitative estimate of drug-likeness (QED) is 0.868. The van der Waals surface area contributed by atoms with Crippen molar-refractivity contribution < 1.29 is 13.9 Å². The molecule has 1 unspecified atom stereocenters. The highest BCUT2D eigenvalue weighted by atomic mass is 16.5. The average molecular weight is 261 g/mol. The first kappa shape index (κ1) is 13.5. The van der Waals surface area contributed by atoms with Gasteiger partial charge < -0.3 is 19.2 Å². The van der Waals surface area contributed by atoms with Gasteiger partial charge in [0.1, 0.15) is 11.5 Å². The third-order valence-electron chi connectivity index (χ3n) is 3.14. The molecule has 102 valence electrons. The molecule has 1 N–H and O–H groups in total. The Morgan fingerprint density at radius 2 is 1.84 bits per heavy atom. The fourth-order valence-corrected chi connectivity index (χ4v) is 2.06. The summed E-state index contributed by atoms with van der Waals surface area (Å²) in [6.45, 7) is 0. The molecule has 0 aliphatic heterocycles. The van der Waals surface area contributed by atoms with Crippen LogP contribution in [0.2, 0.25) is 0 Å². The largest absolute Gasteiger partial charge is 0.497 e. The van der Waals surface area contributed by atoms with Gasteiger partial charge in [-0.15, -0.1) is 0 Å². The van der Waals surface area contributed by atoms with E-state index in [9.17, 15) is 0 Å². The van der Waals surface area contributed by atoms with Crippen molar-refractivity contribution in [3.05, 3.63) is 47.9 Å². The van der Waals surface area contributed by atoms with Gasteiger partial charge >= 0.3 is 0 Å². The molecule has 2 rings (SSSR count). The van der Waals surface area contributed by atoms with Crippen LogP contribution in [-0.4, -0.2) is 21.3 Å². The monoisotopic (exact) mass is 261 g/mol. The minimum Gasteiger partial charge on any atom is -0.497 e. The Hall–Kier alpha value is -1.94. The van der Waals surface area contributed by atoms with E-state index >= 15 is 0 Å². The van der Waals surface area contributed by atoms with Crippen LogP contribution in [0.15, 0.2) is 41.2 Å². The molecule has 0 amide bonds. The first-order chi connectivity index (χ1) is 9.26. The van der Waals surface area contributed by atoms with Gasteiger partial charge in [-0.25, -0.2) is 0 Å². The highest BCUT2D eigenvalue weighted by Gasteiger charge is 2.13. The second kappa shape index (κ2) is 6.29. The van der Waals surface area contributed by atoms with Crippen LogP contribution in [0.5, 0.6) is 11.5 Å². The van der Waals surface area contributed by atoms with Crippen LogP contribution < -0.4 is 14.8 Å². The van der Waals surface area contributed by atoms with Gasteiger partial charge in [0.25, 0.3) is 0 Å². The lowest BCUT2D eigenvalue weighted by Crippen LogP contribution is -2.18. The normalized spacial score (nSPS) is 12.2. The third-order valence-corrected chi connectivity index (χ3v) is 3.14. The molecule has 1 aromatic heterocycles. The summed E-state index contributed by atoms with van der Waals surface area (Å²) in [6, 6.07) is 8.06. The lowest BCUT2D eigenvalue weighted by atomic mass is 10.00. The smallest absolute Gasteiger partial charge is 0.122 e. The van der Waals surface area contributed by atoms with E-state index in [1.165, 1.54) is 0 Å². The van der Waals surface area contributed by atoms with Crippen LogP contribution in [0, 0.1) is 0 Å². The minimum atomic E-state index is 0.182. The first-order valence-corrected chi connectivity index (χ1v) is 6.18. The van der Waals surface area contributed by atoms with Gasteiger partial charge in [0.05, 0.1) is 26.7 Å². The molecular formula is C15H19NO3. The fourth-order valence-electron chi connectivity index (χ4n) is 2.06. The molecule has 0 radical (unpaired) electrons. The molecule has 2 aromatic rings. The zero-order valence-electron chi connectivity index (χ0n) is 11.5. The molecular weight excluding hydrogens is 242 g/mol. The molecule has 0 spiro atoms. The molecule has 19 heavy (non-hydrogen) atoms. The van der Waals surface area contributed by atoms with Crippen molar-refractivity contribution >= 4 is 0 Å². The maximum atomic E-state index is 5.30. The fraction of sp³-hybridized carbons (Fsp3) is 0.333. The van der Waals surface area contributed by atoms with E-state index in [4.69, 9.17) is 13.9 Å². The molecule has 1 atom stereocenters. The van der Waals surface area contributed by atoms with E-state index in [2.05, 4.69) is 5.32 Å². The van der Waals surface area contributed by atoms with E-state index in [0.29, 0.717) is 0 Å². The summed E-state index contributed by atoms with van der Waals surface area (Å²) in [6.07, 6.45) is 4.30. The number of rotatable bonds is 6. The van der Waals surface area contributed by atoms with E-state index in [1.807, 2.05) is 31.3 Å². The van der Waals surface area contributed by atoms with Gasteiger partial charge in [-0.1, -0.05) is 0 Å². The van der Waals surface area contributed by atoms with Crippen molar-refractivity contribution in [3.8, 4) is 11.5 Å². The number of ether oxygens (including phenoxy) is 2. The van der Waals surface area contributed by atoms with Crippen molar-refractivity contribution in [3.63, 3.8) is 0 Å². The molecule has 1 aromatic carbocycles. The van der Waals surface area contributed by atoms with Crippen LogP contribution in [-0.2, 0) is 6.42 Å². The van der Waals surface area contributed by atoms with Crippen molar-refractivity contribution in [2.75, 3.05) is 21.3 Å². The highest BCUT2D eigenvalue weighted by molar-refractivity contribution is 5.40. The molecule has 0 aliphatic carbocycles. The maximum Gasteiger partial charge on any atom is 0.122 e. The average Bonchev–Trinajstić information content (AvgIpc) is 2.97. The van der Waals surface area contributed by atoms with Gasteiger partial charge in [-0.2, -0.15) is 0 Å². The number of benzene rings is 1. The van der Waals surface area contributed by atoms with Crippen LogP contribution in [0.4, 0.5) is 0 Å². The summed E-state index contributed by atoms with van der Waals surface area (Å²) in [5.74, 6) is 1.59. The molecule has 0 bridgehead atoms. The predicted molar refractivity (Wildman–Crippen MR) is 73.8 cm³/mol. The Kier molecular flexibility index (Phi) is 4.47. The van der Waals surface area contributed by atoms with Crippen molar-refractivity contribution in [1.82, 2.24) is 5.32 Å². The van der Waals surface area contributed by atoms with Gasteiger partial charge in [0.15, 0.2) is 0 Å². The first-order valence-electron chi connectivity index (χ1n) is 6.18. The summed E-state index contributed by atoms with van der Waals surface area (Å²) in [4.78, 5) is 0. The summed E-state index contributed by atoms with van der Waals surface area (Å²) in [7, 11) is 5.25. The Morgan fingerprint density at radius 1 is 1.16 bits per heavy atom. The van der Waals surface area contributed by atoms with Crippen LogP contribution in [0.25, 0.3) is 0 Å². The van der Waals surface area contributed by atoms with Crippen molar-refractivity contribution in [2.24, 2.45) is 0 Å². The van der Waals surface area contributed by atoms with Crippen molar-refractivity contribution in [2.45, 2.75) is 12.5 Å². The predicted octanol–water partition coefficient (Wildman–Crippen LogP) is 2.80. The summed E-state index contributed by atoms with van der Waals surface area (Å²) < 4.78 is 15.7. The van der Waals surface area contributed by atoms with Gasteiger partial charge in [-0.3, -0.25) is 0 Å². The Labute approximate surface area is 113 Å². The number of nitrogens with one attached hydrogen (secondary N) is 1. The second-order valence-electron chi connectivity index (χ2n) is 4.32.